The second-order valence-electron chi connectivity index (χ2n) is 2.87. The summed E-state index contributed by atoms with van der Waals surface area (Å²) >= 11 is 3.21. The highest BCUT2D eigenvalue weighted by Gasteiger charge is 2.03. The van der Waals surface area contributed by atoms with Crippen LogP contribution in [0.3, 0.4) is 0 Å². The van der Waals surface area contributed by atoms with Crippen LogP contribution >= 0.6 is 15.9 Å². The van der Waals surface area contributed by atoms with Crippen molar-refractivity contribution in [1.29, 1.82) is 0 Å². The van der Waals surface area contributed by atoms with Gasteiger partial charge in [-0.3, -0.25) is 4.79 Å². The van der Waals surface area contributed by atoms with Crippen LogP contribution in [-0.4, -0.2) is 41.4 Å². The Kier molecular flexibility index (Phi) is 3.82. The maximum absolute atomic E-state index is 11.2. The number of nitrogens with one attached hydrogen (secondary N) is 1. The summed E-state index contributed by atoms with van der Waals surface area (Å²) in [6, 6.07) is 1.71. The van der Waals surface area contributed by atoms with Crippen LogP contribution in [-0.2, 0) is 4.79 Å². The lowest BCUT2D eigenvalue weighted by atomic mass is 10.5. The molecule has 76 valence electrons. The number of nitrogens with zero attached hydrogens (tertiary/aromatic N) is 3. The fourth-order valence-electron chi connectivity index (χ4n) is 0.755. The third kappa shape index (κ3) is 3.29. The molecule has 0 aliphatic carbocycles. The second kappa shape index (κ2) is 4.90. The summed E-state index contributed by atoms with van der Waals surface area (Å²) in [5.74, 6) is 0.627. The van der Waals surface area contributed by atoms with Crippen molar-refractivity contribution in [1.82, 2.24) is 14.9 Å². The number of likely N-dealkylation sites (N-methyl/N-ethyl adjacent to an activating group) is 1. The highest BCUT2D eigenvalue weighted by atomic mass is 79.9. The van der Waals surface area contributed by atoms with E-state index in [9.17, 15) is 4.79 Å². The van der Waals surface area contributed by atoms with E-state index in [1.54, 1.807) is 20.2 Å². The van der Waals surface area contributed by atoms with Crippen LogP contribution in [0.2, 0.25) is 0 Å². The van der Waals surface area contributed by atoms with Gasteiger partial charge in [0.15, 0.2) is 0 Å². The number of carbonyl (C=O) groups excluding carboxylic acids is 1. The second-order valence-corrected chi connectivity index (χ2v) is 3.68. The van der Waals surface area contributed by atoms with Crippen molar-refractivity contribution in [2.24, 2.45) is 0 Å². The van der Waals surface area contributed by atoms with Crippen molar-refractivity contribution in [3.63, 3.8) is 0 Å². The minimum atomic E-state index is -0.000246. The third-order valence-electron chi connectivity index (χ3n) is 1.55. The average molecular weight is 259 g/mol. The summed E-state index contributed by atoms with van der Waals surface area (Å²) in [4.78, 5) is 20.5. The Bertz CT molecular complexity index is 329. The number of aromatic nitrogens is 2. The molecule has 0 saturated carbocycles. The van der Waals surface area contributed by atoms with Gasteiger partial charge in [0, 0.05) is 20.2 Å². The molecular weight excluding hydrogens is 248 g/mol. The Morgan fingerprint density at radius 1 is 1.57 bits per heavy atom. The van der Waals surface area contributed by atoms with Crippen LogP contribution in [0.4, 0.5) is 5.82 Å². The van der Waals surface area contributed by atoms with E-state index in [2.05, 4.69) is 31.2 Å². The summed E-state index contributed by atoms with van der Waals surface area (Å²) in [5.41, 5.74) is 0. The number of amides is 1. The largest absolute Gasteiger partial charge is 0.361 e. The lowest BCUT2D eigenvalue weighted by Gasteiger charge is -2.10. The molecule has 14 heavy (non-hydrogen) atoms. The molecule has 0 spiro atoms. The van der Waals surface area contributed by atoms with Gasteiger partial charge >= 0.3 is 0 Å². The number of hydrogen-bond donors (Lipinski definition) is 1. The van der Waals surface area contributed by atoms with Crippen molar-refractivity contribution in [3.8, 4) is 0 Å². The zero-order valence-electron chi connectivity index (χ0n) is 7.99. The van der Waals surface area contributed by atoms with Gasteiger partial charge in [-0.2, -0.15) is 0 Å². The van der Waals surface area contributed by atoms with E-state index < -0.39 is 0 Å². The lowest BCUT2D eigenvalue weighted by Crippen LogP contribution is -2.28. The standard InChI is InChI=1S/C8H11BrN4O/c1-13(2)8(14)4-10-7-3-6(9)11-5-12-7/h3,5H,4H2,1-2H3,(H,10,11,12). The number of hydrogen-bond acceptors (Lipinski definition) is 4. The first-order valence-corrected chi connectivity index (χ1v) is 4.80. The Balaban J connectivity index is 2.50. The molecule has 1 amide bonds. The zero-order chi connectivity index (χ0) is 10.6. The molecule has 0 radical (unpaired) electrons. The normalized spacial score (nSPS) is 9.64. The Morgan fingerprint density at radius 3 is 2.86 bits per heavy atom. The first-order valence-electron chi connectivity index (χ1n) is 4.01. The van der Waals surface area contributed by atoms with Crippen LogP contribution in [0, 0.1) is 0 Å². The molecule has 1 heterocycles. The molecule has 0 aromatic carbocycles. The van der Waals surface area contributed by atoms with Gasteiger partial charge in [-0.1, -0.05) is 0 Å². The van der Waals surface area contributed by atoms with E-state index in [1.165, 1.54) is 11.2 Å². The Morgan fingerprint density at radius 2 is 2.29 bits per heavy atom. The molecule has 1 rings (SSSR count). The molecule has 1 aromatic rings. The van der Waals surface area contributed by atoms with Gasteiger partial charge in [0.05, 0.1) is 6.54 Å². The van der Waals surface area contributed by atoms with Crippen molar-refractivity contribution < 1.29 is 4.79 Å². The van der Waals surface area contributed by atoms with E-state index in [4.69, 9.17) is 0 Å². The minimum absolute atomic E-state index is 0.000246. The van der Waals surface area contributed by atoms with Gasteiger partial charge in [-0.15, -0.1) is 0 Å². The first kappa shape index (κ1) is 10.9. The molecule has 0 saturated heterocycles. The van der Waals surface area contributed by atoms with Crippen LogP contribution in [0.25, 0.3) is 0 Å². The van der Waals surface area contributed by atoms with E-state index >= 15 is 0 Å². The summed E-state index contributed by atoms with van der Waals surface area (Å²) in [7, 11) is 3.42. The molecule has 6 heteroatoms. The summed E-state index contributed by atoms with van der Waals surface area (Å²) in [6.07, 6.45) is 1.42. The smallest absolute Gasteiger partial charge is 0.241 e. The number of halogens is 1. The molecule has 0 atom stereocenters. The molecule has 0 aliphatic heterocycles. The van der Waals surface area contributed by atoms with Gasteiger partial charge in [0.25, 0.3) is 0 Å². The first-order chi connectivity index (χ1) is 6.59. The predicted molar refractivity (Wildman–Crippen MR) is 56.9 cm³/mol. The van der Waals surface area contributed by atoms with Crippen molar-refractivity contribution in [2.45, 2.75) is 0 Å². The van der Waals surface area contributed by atoms with Gasteiger partial charge < -0.3 is 10.2 Å². The molecule has 1 aromatic heterocycles. The van der Waals surface area contributed by atoms with E-state index in [0.29, 0.717) is 10.4 Å². The van der Waals surface area contributed by atoms with Crippen molar-refractivity contribution in [3.05, 3.63) is 17.0 Å². The Labute approximate surface area is 90.7 Å². The minimum Gasteiger partial charge on any atom is -0.361 e. The number of anilines is 1. The summed E-state index contributed by atoms with van der Waals surface area (Å²) < 4.78 is 0.687. The van der Waals surface area contributed by atoms with Crippen molar-refractivity contribution >= 4 is 27.7 Å². The predicted octanol–water partition coefficient (Wildman–Crippen LogP) is 0.739. The lowest BCUT2D eigenvalue weighted by molar-refractivity contribution is -0.126. The zero-order valence-corrected chi connectivity index (χ0v) is 9.58. The molecule has 0 fully saturated rings. The van der Waals surface area contributed by atoms with Crippen LogP contribution in [0.15, 0.2) is 17.0 Å². The van der Waals surface area contributed by atoms with E-state index in [-0.39, 0.29) is 12.5 Å². The van der Waals surface area contributed by atoms with Crippen LogP contribution < -0.4 is 5.32 Å². The Hall–Kier alpha value is -1.17. The number of rotatable bonds is 3. The van der Waals surface area contributed by atoms with E-state index in [0.717, 1.165) is 0 Å². The molecule has 0 unspecified atom stereocenters. The summed E-state index contributed by atoms with van der Waals surface area (Å²) in [6.45, 7) is 0.233. The quantitative estimate of drug-likeness (QED) is 0.813. The molecule has 1 N–H and O–H groups in total. The molecule has 0 aliphatic rings. The number of carbonyl (C=O) groups is 1. The van der Waals surface area contributed by atoms with Crippen molar-refractivity contribution in [2.75, 3.05) is 26.0 Å². The molecular formula is C8H11BrN4O. The fourth-order valence-corrected chi connectivity index (χ4v) is 1.06. The van der Waals surface area contributed by atoms with Gasteiger partial charge in [0.2, 0.25) is 5.91 Å². The van der Waals surface area contributed by atoms with Crippen LogP contribution in [0.1, 0.15) is 0 Å². The fraction of sp³-hybridized carbons (Fsp3) is 0.375. The average Bonchev–Trinajstić information content (AvgIpc) is 2.14. The SMILES string of the molecule is CN(C)C(=O)CNc1cc(Br)ncn1. The highest BCUT2D eigenvalue weighted by molar-refractivity contribution is 9.10. The van der Waals surface area contributed by atoms with Gasteiger partial charge in [-0.25, -0.2) is 9.97 Å². The highest BCUT2D eigenvalue weighted by Crippen LogP contribution is 2.08. The van der Waals surface area contributed by atoms with Gasteiger partial charge in [0.1, 0.15) is 16.7 Å². The maximum Gasteiger partial charge on any atom is 0.241 e. The summed E-state index contributed by atoms with van der Waals surface area (Å²) in [5, 5.41) is 2.89. The molecule has 0 bridgehead atoms. The van der Waals surface area contributed by atoms with E-state index in [1.807, 2.05) is 0 Å². The topological polar surface area (TPSA) is 58.1 Å². The molecule has 5 nitrogen and oxygen atoms in total. The monoisotopic (exact) mass is 258 g/mol. The third-order valence-corrected chi connectivity index (χ3v) is 1.99. The maximum atomic E-state index is 11.2. The van der Waals surface area contributed by atoms with Gasteiger partial charge in [-0.05, 0) is 15.9 Å². The van der Waals surface area contributed by atoms with Crippen LogP contribution in [0.5, 0.6) is 0 Å².